The van der Waals surface area contributed by atoms with Crippen LogP contribution in [0.5, 0.6) is 0 Å². The molecule has 14 heteroatoms. The summed E-state index contributed by atoms with van der Waals surface area (Å²) >= 11 is 1.36. The molecule has 0 aliphatic rings. The number of carboxylic acids is 3. The van der Waals surface area contributed by atoms with Crippen LogP contribution < -0.4 is 21.7 Å². The first-order chi connectivity index (χ1) is 14.4. The third-order valence-electron chi connectivity index (χ3n) is 3.93. The highest BCUT2D eigenvalue weighted by Crippen LogP contribution is 2.05. The van der Waals surface area contributed by atoms with Gasteiger partial charge in [-0.1, -0.05) is 0 Å². The fourth-order valence-corrected chi connectivity index (χ4v) is 2.73. The number of carbonyl (C=O) groups excluding carboxylic acids is 3. The van der Waals surface area contributed by atoms with E-state index in [2.05, 4.69) is 16.0 Å². The summed E-state index contributed by atoms with van der Waals surface area (Å²) in [4.78, 5) is 70.1. The SMILES string of the molecule is CSCCC(NC(=O)C(CCC(=O)O)NC(=O)C(CC(=O)O)NC(=O)C(C)N)C(=O)O. The molecule has 0 rings (SSSR count). The third-order valence-corrected chi connectivity index (χ3v) is 4.57. The average Bonchev–Trinajstić information content (AvgIpc) is 2.66. The minimum Gasteiger partial charge on any atom is -0.481 e. The lowest BCUT2D eigenvalue weighted by Gasteiger charge is -2.24. The highest BCUT2D eigenvalue weighted by atomic mass is 32.2. The van der Waals surface area contributed by atoms with Gasteiger partial charge in [0.15, 0.2) is 0 Å². The van der Waals surface area contributed by atoms with Gasteiger partial charge in [-0.3, -0.25) is 24.0 Å². The van der Waals surface area contributed by atoms with Crippen molar-refractivity contribution in [1.82, 2.24) is 16.0 Å². The third kappa shape index (κ3) is 11.8. The van der Waals surface area contributed by atoms with Crippen molar-refractivity contribution in [3.63, 3.8) is 0 Å². The highest BCUT2D eigenvalue weighted by Gasteiger charge is 2.31. The number of hydrogen-bond donors (Lipinski definition) is 7. The molecule has 13 nitrogen and oxygen atoms in total. The second kappa shape index (κ2) is 14.2. The zero-order valence-electron chi connectivity index (χ0n) is 17.1. The van der Waals surface area contributed by atoms with E-state index in [1.807, 2.05) is 0 Å². The summed E-state index contributed by atoms with van der Waals surface area (Å²) in [5, 5.41) is 33.7. The summed E-state index contributed by atoms with van der Waals surface area (Å²) in [5.74, 6) is -6.38. The quantitative estimate of drug-likeness (QED) is 0.140. The van der Waals surface area contributed by atoms with Gasteiger partial charge in [0.05, 0.1) is 12.5 Å². The Morgan fingerprint density at radius 2 is 1.32 bits per heavy atom. The van der Waals surface area contributed by atoms with E-state index in [4.69, 9.17) is 15.9 Å². The van der Waals surface area contributed by atoms with Gasteiger partial charge in [-0.2, -0.15) is 11.8 Å². The molecule has 4 unspecified atom stereocenters. The van der Waals surface area contributed by atoms with Crippen molar-refractivity contribution in [2.24, 2.45) is 5.73 Å². The number of rotatable bonds is 15. The minimum absolute atomic E-state index is 0.0912. The Kier molecular flexibility index (Phi) is 12.9. The zero-order valence-corrected chi connectivity index (χ0v) is 17.9. The molecule has 176 valence electrons. The molecule has 0 aliphatic heterocycles. The summed E-state index contributed by atoms with van der Waals surface area (Å²) in [6.45, 7) is 1.31. The van der Waals surface area contributed by atoms with Crippen LogP contribution in [0.25, 0.3) is 0 Å². The molecule has 0 aliphatic carbocycles. The van der Waals surface area contributed by atoms with Crippen LogP contribution in [0.1, 0.15) is 32.6 Å². The van der Waals surface area contributed by atoms with Crippen molar-refractivity contribution in [3.8, 4) is 0 Å². The van der Waals surface area contributed by atoms with Crippen LogP contribution in [0.15, 0.2) is 0 Å². The highest BCUT2D eigenvalue weighted by molar-refractivity contribution is 7.98. The van der Waals surface area contributed by atoms with E-state index in [0.29, 0.717) is 5.75 Å². The summed E-state index contributed by atoms with van der Waals surface area (Å²) in [7, 11) is 0. The van der Waals surface area contributed by atoms with Crippen molar-refractivity contribution in [2.75, 3.05) is 12.0 Å². The summed E-state index contributed by atoms with van der Waals surface area (Å²) in [6.07, 6.45) is 0.103. The predicted octanol–water partition coefficient (Wildman–Crippen LogP) is -2.03. The summed E-state index contributed by atoms with van der Waals surface area (Å²) < 4.78 is 0. The molecule has 0 saturated carbocycles. The van der Waals surface area contributed by atoms with Crippen LogP contribution in [0.2, 0.25) is 0 Å². The first-order valence-electron chi connectivity index (χ1n) is 9.21. The van der Waals surface area contributed by atoms with Crippen molar-refractivity contribution < 1.29 is 44.1 Å². The van der Waals surface area contributed by atoms with Gasteiger partial charge in [0.2, 0.25) is 17.7 Å². The standard InChI is InChI=1S/C17H28N4O9S/c1-8(18)14(26)21-11(7-13(24)25)16(28)19-9(3-4-12(22)23)15(27)20-10(17(29)30)5-6-31-2/h8-11H,3-7,18H2,1-2H3,(H,19,28)(H,20,27)(H,21,26)(H,22,23)(H,24,25)(H,29,30). The molecule has 0 bridgehead atoms. The number of carboxylic acid groups (broad SMARTS) is 3. The van der Waals surface area contributed by atoms with Gasteiger partial charge < -0.3 is 37.0 Å². The van der Waals surface area contributed by atoms with Crippen molar-refractivity contribution in [2.45, 2.75) is 56.8 Å². The smallest absolute Gasteiger partial charge is 0.326 e. The Balaban J connectivity index is 5.47. The predicted molar refractivity (Wildman–Crippen MR) is 109 cm³/mol. The van der Waals surface area contributed by atoms with E-state index in [-0.39, 0.29) is 12.8 Å². The van der Waals surface area contributed by atoms with Crippen molar-refractivity contribution in [3.05, 3.63) is 0 Å². The lowest BCUT2D eigenvalue weighted by Crippen LogP contribution is -2.57. The van der Waals surface area contributed by atoms with Gasteiger partial charge in [-0.25, -0.2) is 4.79 Å². The van der Waals surface area contributed by atoms with E-state index in [1.54, 1.807) is 6.26 Å². The molecule has 0 radical (unpaired) electrons. The number of hydrogen-bond acceptors (Lipinski definition) is 8. The van der Waals surface area contributed by atoms with E-state index in [1.165, 1.54) is 18.7 Å². The molecule has 0 spiro atoms. The molecule has 3 amide bonds. The Labute approximate surface area is 182 Å². The van der Waals surface area contributed by atoms with Gasteiger partial charge in [0.1, 0.15) is 18.1 Å². The average molecular weight is 464 g/mol. The number of thioether (sulfide) groups is 1. The molecule has 0 aromatic heterocycles. The number of amides is 3. The van der Waals surface area contributed by atoms with Crippen LogP contribution in [0.3, 0.4) is 0 Å². The number of nitrogens with one attached hydrogen (secondary N) is 3. The second-order valence-corrected chi connectivity index (χ2v) is 7.61. The van der Waals surface area contributed by atoms with Crippen LogP contribution in [0.4, 0.5) is 0 Å². The Hall–Kier alpha value is -2.87. The second-order valence-electron chi connectivity index (χ2n) is 6.62. The lowest BCUT2D eigenvalue weighted by atomic mass is 10.1. The molecule has 8 N–H and O–H groups in total. The molecular weight excluding hydrogens is 436 g/mol. The molecule has 0 saturated heterocycles. The number of carbonyl (C=O) groups is 6. The van der Waals surface area contributed by atoms with E-state index in [0.717, 1.165) is 0 Å². The number of nitrogens with two attached hydrogens (primary N) is 1. The molecule has 0 aromatic carbocycles. The van der Waals surface area contributed by atoms with Crippen molar-refractivity contribution in [1.29, 1.82) is 0 Å². The summed E-state index contributed by atoms with van der Waals surface area (Å²) in [5.41, 5.74) is 5.39. The van der Waals surface area contributed by atoms with Gasteiger partial charge in [0.25, 0.3) is 0 Å². The Bertz CT molecular complexity index is 687. The van der Waals surface area contributed by atoms with Crippen LogP contribution in [0, 0.1) is 0 Å². The Morgan fingerprint density at radius 1 is 0.806 bits per heavy atom. The molecule has 0 heterocycles. The van der Waals surface area contributed by atoms with Crippen LogP contribution >= 0.6 is 11.8 Å². The zero-order chi connectivity index (χ0) is 24.1. The first-order valence-corrected chi connectivity index (χ1v) is 10.6. The monoisotopic (exact) mass is 464 g/mol. The van der Waals surface area contributed by atoms with Gasteiger partial charge in [-0.15, -0.1) is 0 Å². The van der Waals surface area contributed by atoms with Crippen LogP contribution in [-0.4, -0.2) is 87.1 Å². The maximum absolute atomic E-state index is 12.5. The maximum atomic E-state index is 12.5. The normalized spacial score (nSPS) is 14.4. The Morgan fingerprint density at radius 3 is 1.77 bits per heavy atom. The van der Waals surface area contributed by atoms with E-state index < -0.39 is 72.6 Å². The van der Waals surface area contributed by atoms with Gasteiger partial charge in [-0.05, 0) is 31.8 Å². The number of aliphatic carboxylic acids is 3. The topological polar surface area (TPSA) is 225 Å². The minimum atomic E-state index is -1.58. The molecule has 0 fully saturated rings. The van der Waals surface area contributed by atoms with E-state index in [9.17, 15) is 33.9 Å². The largest absolute Gasteiger partial charge is 0.481 e. The van der Waals surface area contributed by atoms with Gasteiger partial charge >= 0.3 is 17.9 Å². The molecule has 4 atom stereocenters. The van der Waals surface area contributed by atoms with Crippen LogP contribution in [-0.2, 0) is 28.8 Å². The maximum Gasteiger partial charge on any atom is 0.326 e. The molecule has 0 aromatic rings. The lowest BCUT2D eigenvalue weighted by molar-refractivity contribution is -0.143. The van der Waals surface area contributed by atoms with Gasteiger partial charge in [0, 0.05) is 6.42 Å². The molecule has 31 heavy (non-hydrogen) atoms. The van der Waals surface area contributed by atoms with Crippen molar-refractivity contribution >= 4 is 47.4 Å². The van der Waals surface area contributed by atoms with E-state index >= 15 is 0 Å². The first kappa shape index (κ1) is 28.1. The summed E-state index contributed by atoms with van der Waals surface area (Å²) in [6, 6.07) is -5.36. The fraction of sp³-hybridized carbons (Fsp3) is 0.647. The fourth-order valence-electron chi connectivity index (χ4n) is 2.26. The molecular formula is C17H28N4O9S.